The van der Waals surface area contributed by atoms with E-state index in [1.165, 1.54) is 0 Å². The van der Waals surface area contributed by atoms with Crippen molar-refractivity contribution in [1.82, 2.24) is 4.90 Å². The van der Waals surface area contributed by atoms with Gasteiger partial charge in [0.25, 0.3) is 0 Å². The van der Waals surface area contributed by atoms with E-state index < -0.39 is 5.60 Å². The van der Waals surface area contributed by atoms with Crippen LogP contribution in [0.1, 0.15) is 50.7 Å². The zero-order chi connectivity index (χ0) is 34.1. The fraction of sp³-hybridized carbons (Fsp3) is 0.410. The summed E-state index contributed by atoms with van der Waals surface area (Å²) in [5, 5.41) is 1.92. The van der Waals surface area contributed by atoms with Gasteiger partial charge in [-0.1, -0.05) is 48.5 Å². The number of piperidine rings is 1. The fourth-order valence-electron chi connectivity index (χ4n) is 6.02. The number of hydrogen-bond acceptors (Lipinski definition) is 8. The van der Waals surface area contributed by atoms with Gasteiger partial charge in [0.15, 0.2) is 11.5 Å². The number of carbonyl (C=O) groups excluding carboxylic acids is 1. The average Bonchev–Trinajstić information content (AvgIpc) is 3.09. The van der Waals surface area contributed by atoms with Crippen molar-refractivity contribution >= 4 is 16.9 Å². The number of likely N-dealkylation sites (tertiary alicyclic amines) is 1. The van der Waals surface area contributed by atoms with Gasteiger partial charge in [-0.2, -0.15) is 0 Å². The minimum atomic E-state index is -0.588. The highest BCUT2D eigenvalue weighted by atomic mass is 16.6. The van der Waals surface area contributed by atoms with Gasteiger partial charge in [0.05, 0.1) is 53.8 Å². The molecular formula is C39H47NO8. The van der Waals surface area contributed by atoms with Gasteiger partial charge in [0, 0.05) is 35.2 Å². The Labute approximate surface area is 283 Å². The second-order valence-corrected chi connectivity index (χ2v) is 12.8. The Morgan fingerprint density at radius 2 is 1.46 bits per heavy atom. The van der Waals surface area contributed by atoms with E-state index in [2.05, 4.69) is 12.1 Å². The predicted octanol–water partition coefficient (Wildman–Crippen LogP) is 8.02. The molecule has 4 aromatic carbocycles. The first kappa shape index (κ1) is 34.7. The molecule has 2 unspecified atom stereocenters. The quantitative estimate of drug-likeness (QED) is 0.134. The summed E-state index contributed by atoms with van der Waals surface area (Å²) in [6.07, 6.45) is 0.829. The lowest BCUT2D eigenvalue weighted by molar-refractivity contribution is -0.0363. The Morgan fingerprint density at radius 3 is 2.15 bits per heavy atom. The topological polar surface area (TPSA) is 84.9 Å². The molecule has 9 heteroatoms. The molecule has 0 saturated carbocycles. The van der Waals surface area contributed by atoms with Crippen LogP contribution in [-0.4, -0.2) is 70.3 Å². The highest BCUT2D eigenvalue weighted by Crippen LogP contribution is 2.39. The van der Waals surface area contributed by atoms with E-state index in [9.17, 15) is 4.79 Å². The van der Waals surface area contributed by atoms with Crippen LogP contribution in [0.2, 0.25) is 0 Å². The number of rotatable bonds is 13. The van der Waals surface area contributed by atoms with Gasteiger partial charge >= 0.3 is 6.09 Å². The molecule has 0 N–H and O–H groups in total. The van der Waals surface area contributed by atoms with Gasteiger partial charge < -0.3 is 38.1 Å². The third-order valence-electron chi connectivity index (χ3n) is 8.31. The summed E-state index contributed by atoms with van der Waals surface area (Å²) in [6, 6.07) is 25.7. The van der Waals surface area contributed by atoms with E-state index in [1.54, 1.807) is 26.2 Å². The lowest BCUT2D eigenvalue weighted by Gasteiger charge is -2.39. The van der Waals surface area contributed by atoms with E-state index in [0.29, 0.717) is 32.1 Å². The number of amides is 1. The van der Waals surface area contributed by atoms with Crippen LogP contribution < -0.4 is 23.7 Å². The van der Waals surface area contributed by atoms with Crippen LogP contribution in [0.25, 0.3) is 10.8 Å². The lowest BCUT2D eigenvalue weighted by atomic mass is 9.87. The lowest BCUT2D eigenvalue weighted by Crippen LogP contribution is -2.48. The molecule has 1 aliphatic rings. The van der Waals surface area contributed by atoms with E-state index in [0.717, 1.165) is 57.7 Å². The number of methoxy groups -OCH3 is 3. The molecule has 2 atom stereocenters. The van der Waals surface area contributed by atoms with E-state index in [4.69, 9.17) is 33.2 Å². The van der Waals surface area contributed by atoms with Crippen molar-refractivity contribution in [3.8, 4) is 28.7 Å². The molecule has 256 valence electrons. The number of hydrogen-bond donors (Lipinski definition) is 0. The summed E-state index contributed by atoms with van der Waals surface area (Å²) in [5.41, 5.74) is 1.41. The van der Waals surface area contributed by atoms with Crippen molar-refractivity contribution < 1.29 is 38.0 Å². The molecule has 0 radical (unpaired) electrons. The van der Waals surface area contributed by atoms with Crippen LogP contribution >= 0.6 is 0 Å². The summed E-state index contributed by atoms with van der Waals surface area (Å²) < 4.78 is 41.2. The molecular weight excluding hydrogens is 610 g/mol. The minimum Gasteiger partial charge on any atom is -0.496 e. The number of ether oxygens (including phenoxy) is 7. The van der Waals surface area contributed by atoms with Crippen LogP contribution in [0.15, 0.2) is 78.9 Å². The monoisotopic (exact) mass is 657 g/mol. The predicted molar refractivity (Wildman–Crippen MR) is 186 cm³/mol. The molecule has 0 spiro atoms. The summed E-state index contributed by atoms with van der Waals surface area (Å²) >= 11 is 0. The molecule has 1 fully saturated rings. The first-order valence-electron chi connectivity index (χ1n) is 16.4. The maximum absolute atomic E-state index is 13.1. The van der Waals surface area contributed by atoms with Crippen LogP contribution in [0.3, 0.4) is 0 Å². The third-order valence-corrected chi connectivity index (χ3v) is 8.31. The van der Waals surface area contributed by atoms with Crippen molar-refractivity contribution in [2.45, 2.75) is 57.8 Å². The molecule has 4 aromatic rings. The SMILES string of the molecule is COc1ccccc1OCCCOc1ccc(C2CCN(C(=O)OC(C)(C)C)CC2OCc2cc(OC)c3ccccc3c2OC)cc1. The fourth-order valence-corrected chi connectivity index (χ4v) is 6.02. The molecule has 0 aliphatic carbocycles. The maximum atomic E-state index is 13.1. The molecule has 1 aliphatic heterocycles. The molecule has 1 heterocycles. The highest BCUT2D eigenvalue weighted by Gasteiger charge is 2.35. The van der Waals surface area contributed by atoms with Crippen molar-refractivity contribution in [3.63, 3.8) is 0 Å². The van der Waals surface area contributed by atoms with Crippen LogP contribution in [0.4, 0.5) is 4.79 Å². The normalized spacial score (nSPS) is 16.3. The summed E-state index contributed by atoms with van der Waals surface area (Å²) in [4.78, 5) is 14.8. The number of benzene rings is 4. The Balaban J connectivity index is 1.27. The van der Waals surface area contributed by atoms with Gasteiger partial charge in [0.2, 0.25) is 0 Å². The first-order chi connectivity index (χ1) is 23.2. The molecule has 1 amide bonds. The minimum absolute atomic E-state index is 0.0559. The van der Waals surface area contributed by atoms with Crippen molar-refractivity contribution in [1.29, 1.82) is 0 Å². The molecule has 5 rings (SSSR count). The summed E-state index contributed by atoms with van der Waals surface area (Å²) in [5.74, 6) is 3.77. The third kappa shape index (κ3) is 8.63. The average molecular weight is 658 g/mol. The standard InChI is InChI=1S/C39H47NO8/c1-39(2,3)48-38(41)40-21-20-30(27-16-18-29(19-17-27)45-22-11-23-46-34-15-10-9-14-33(34)42-4)36(25-40)47-26-28-24-35(43-5)31-12-7-8-13-32(31)37(28)44-6/h7-10,12-19,24,30,36H,11,20-23,25-26H2,1-6H3. The zero-order valence-corrected chi connectivity index (χ0v) is 28.8. The molecule has 9 nitrogen and oxygen atoms in total. The van der Waals surface area contributed by atoms with Gasteiger partial charge in [-0.3, -0.25) is 0 Å². The molecule has 48 heavy (non-hydrogen) atoms. The molecule has 0 bridgehead atoms. The Kier molecular flexibility index (Phi) is 11.5. The van der Waals surface area contributed by atoms with Crippen LogP contribution in [0.5, 0.6) is 28.7 Å². The Hall–Kier alpha value is -4.63. The van der Waals surface area contributed by atoms with Gasteiger partial charge in [-0.05, 0) is 63.1 Å². The first-order valence-corrected chi connectivity index (χ1v) is 16.4. The summed E-state index contributed by atoms with van der Waals surface area (Å²) in [7, 11) is 4.97. The Bertz CT molecular complexity index is 1650. The van der Waals surface area contributed by atoms with Gasteiger partial charge in [-0.15, -0.1) is 0 Å². The highest BCUT2D eigenvalue weighted by molar-refractivity contribution is 5.94. The number of carbonyl (C=O) groups is 1. The number of fused-ring (bicyclic) bond motifs is 1. The number of para-hydroxylation sites is 2. The van der Waals surface area contributed by atoms with E-state index >= 15 is 0 Å². The molecule has 1 saturated heterocycles. The molecule has 0 aromatic heterocycles. The number of nitrogens with zero attached hydrogens (tertiary/aromatic N) is 1. The Morgan fingerprint density at radius 1 is 0.792 bits per heavy atom. The second-order valence-electron chi connectivity index (χ2n) is 12.8. The van der Waals surface area contributed by atoms with Crippen molar-refractivity contribution in [2.75, 3.05) is 47.6 Å². The van der Waals surface area contributed by atoms with Gasteiger partial charge in [-0.25, -0.2) is 4.79 Å². The van der Waals surface area contributed by atoms with Crippen molar-refractivity contribution in [3.05, 3.63) is 90.0 Å². The zero-order valence-electron chi connectivity index (χ0n) is 28.8. The van der Waals surface area contributed by atoms with Crippen molar-refractivity contribution in [2.24, 2.45) is 0 Å². The van der Waals surface area contributed by atoms with E-state index in [-0.39, 0.29) is 24.7 Å². The van der Waals surface area contributed by atoms with E-state index in [1.807, 2.05) is 87.5 Å². The van der Waals surface area contributed by atoms with Crippen LogP contribution in [0, 0.1) is 0 Å². The van der Waals surface area contributed by atoms with Crippen LogP contribution in [-0.2, 0) is 16.1 Å². The second kappa shape index (κ2) is 16.0. The van der Waals surface area contributed by atoms with Gasteiger partial charge in [0.1, 0.15) is 22.8 Å². The smallest absolute Gasteiger partial charge is 0.410 e. The maximum Gasteiger partial charge on any atom is 0.410 e. The summed E-state index contributed by atoms with van der Waals surface area (Å²) in [6.45, 7) is 7.92. The largest absolute Gasteiger partial charge is 0.496 e.